The lowest BCUT2D eigenvalue weighted by Crippen LogP contribution is -2.44. The van der Waals surface area contributed by atoms with Crippen LogP contribution in [0.3, 0.4) is 0 Å². The highest BCUT2D eigenvalue weighted by Gasteiger charge is 2.56. The number of ether oxygens (including phenoxy) is 1. The number of benzene rings is 1. The van der Waals surface area contributed by atoms with Crippen molar-refractivity contribution in [2.24, 2.45) is 0 Å². The molecule has 1 aromatic rings. The minimum Gasteiger partial charge on any atom is -0.497 e. The van der Waals surface area contributed by atoms with Crippen molar-refractivity contribution in [3.8, 4) is 5.75 Å². The zero-order chi connectivity index (χ0) is 14.3. The van der Waals surface area contributed by atoms with Crippen LogP contribution in [0.25, 0.3) is 0 Å². The number of fused-ring (bicyclic) bond motifs is 1. The molecule has 1 amide bonds. The van der Waals surface area contributed by atoms with Crippen molar-refractivity contribution in [1.82, 2.24) is 9.80 Å². The second kappa shape index (κ2) is 4.71. The van der Waals surface area contributed by atoms with Gasteiger partial charge in [0.2, 0.25) is 5.72 Å². The van der Waals surface area contributed by atoms with Crippen molar-refractivity contribution in [2.45, 2.75) is 25.1 Å². The maximum atomic E-state index is 12.4. The summed E-state index contributed by atoms with van der Waals surface area (Å²) < 4.78 is 5.17. The third kappa shape index (κ3) is 1.87. The van der Waals surface area contributed by atoms with Crippen LogP contribution in [0.5, 0.6) is 5.75 Å². The largest absolute Gasteiger partial charge is 0.497 e. The molecule has 2 aliphatic heterocycles. The van der Waals surface area contributed by atoms with E-state index < -0.39 is 5.72 Å². The van der Waals surface area contributed by atoms with Crippen molar-refractivity contribution in [3.63, 3.8) is 0 Å². The molecule has 106 valence electrons. The number of carbonyl (C=O) groups is 1. The highest BCUT2D eigenvalue weighted by Crippen LogP contribution is 2.36. The summed E-state index contributed by atoms with van der Waals surface area (Å²) in [7, 11) is 1.60. The van der Waals surface area contributed by atoms with Gasteiger partial charge in [0.1, 0.15) is 5.75 Å². The first kappa shape index (κ1) is 13.3. The Labute approximate surface area is 122 Å². The number of amides is 1. The summed E-state index contributed by atoms with van der Waals surface area (Å²) in [6, 6.07) is 7.49. The van der Waals surface area contributed by atoms with Crippen LogP contribution < -0.4 is 4.74 Å². The van der Waals surface area contributed by atoms with Crippen LogP contribution in [-0.2, 0) is 11.3 Å². The molecule has 2 aliphatic rings. The van der Waals surface area contributed by atoms with E-state index in [1.165, 1.54) is 4.90 Å². The molecule has 0 aliphatic carbocycles. The van der Waals surface area contributed by atoms with E-state index in [0.717, 1.165) is 17.7 Å². The maximum absolute atomic E-state index is 12.4. The molecule has 3 rings (SSSR count). The smallest absolute Gasteiger partial charge is 0.282 e. The van der Waals surface area contributed by atoms with Gasteiger partial charge < -0.3 is 14.7 Å². The van der Waals surface area contributed by atoms with E-state index >= 15 is 0 Å². The number of rotatable bonds is 3. The molecule has 6 heteroatoms. The molecule has 2 saturated heterocycles. The van der Waals surface area contributed by atoms with Crippen molar-refractivity contribution in [2.75, 3.05) is 13.7 Å². The molecule has 2 heterocycles. The lowest BCUT2D eigenvalue weighted by atomic mass is 10.1. The summed E-state index contributed by atoms with van der Waals surface area (Å²) in [4.78, 5) is 15.5. The van der Waals surface area contributed by atoms with Crippen molar-refractivity contribution in [1.29, 1.82) is 0 Å². The zero-order valence-corrected chi connectivity index (χ0v) is 12.0. The molecule has 0 aromatic heterocycles. The van der Waals surface area contributed by atoms with E-state index in [0.29, 0.717) is 24.6 Å². The van der Waals surface area contributed by atoms with E-state index in [2.05, 4.69) is 0 Å². The number of carbonyl (C=O) groups excluding carboxylic acids is 1. The Bertz CT molecular complexity index is 577. The highest BCUT2D eigenvalue weighted by atomic mass is 32.1. The van der Waals surface area contributed by atoms with Gasteiger partial charge in [-0.2, -0.15) is 0 Å². The van der Waals surface area contributed by atoms with Gasteiger partial charge in [-0.15, -0.1) is 0 Å². The first-order valence-electron chi connectivity index (χ1n) is 6.55. The van der Waals surface area contributed by atoms with Crippen LogP contribution in [-0.4, -0.2) is 45.3 Å². The topological polar surface area (TPSA) is 53.0 Å². The number of hydrogen-bond donors (Lipinski definition) is 1. The van der Waals surface area contributed by atoms with Gasteiger partial charge in [0.05, 0.1) is 13.7 Å². The highest BCUT2D eigenvalue weighted by molar-refractivity contribution is 7.80. The van der Waals surface area contributed by atoms with E-state index in [9.17, 15) is 9.90 Å². The fourth-order valence-electron chi connectivity index (χ4n) is 2.82. The van der Waals surface area contributed by atoms with E-state index in [-0.39, 0.29) is 5.91 Å². The molecule has 1 aromatic carbocycles. The first-order chi connectivity index (χ1) is 9.56. The van der Waals surface area contributed by atoms with Crippen molar-refractivity contribution >= 4 is 23.2 Å². The predicted molar refractivity (Wildman–Crippen MR) is 77.0 cm³/mol. The third-order valence-corrected chi connectivity index (χ3v) is 4.32. The number of hydrogen-bond acceptors (Lipinski definition) is 4. The molecular weight excluding hydrogens is 276 g/mol. The summed E-state index contributed by atoms with van der Waals surface area (Å²) in [5, 5.41) is 10.9. The van der Waals surface area contributed by atoms with Crippen molar-refractivity contribution < 1.29 is 14.6 Å². The Kier molecular flexibility index (Phi) is 3.14. The van der Waals surface area contributed by atoms with Gasteiger partial charge in [-0.25, -0.2) is 0 Å². The molecular formula is C14H16N2O3S. The normalized spacial score (nSPS) is 25.3. The van der Waals surface area contributed by atoms with Gasteiger partial charge in [-0.3, -0.25) is 9.69 Å². The Morgan fingerprint density at radius 2 is 2.30 bits per heavy atom. The number of nitrogens with zero attached hydrogens (tertiary/aromatic N) is 2. The van der Waals surface area contributed by atoms with Gasteiger partial charge >= 0.3 is 0 Å². The zero-order valence-electron chi connectivity index (χ0n) is 11.2. The van der Waals surface area contributed by atoms with Crippen LogP contribution in [0.4, 0.5) is 0 Å². The Balaban J connectivity index is 1.84. The van der Waals surface area contributed by atoms with Gasteiger partial charge in [-0.1, -0.05) is 12.1 Å². The molecule has 5 nitrogen and oxygen atoms in total. The molecule has 1 N–H and O–H groups in total. The van der Waals surface area contributed by atoms with Crippen LogP contribution in [0.15, 0.2) is 24.3 Å². The van der Waals surface area contributed by atoms with E-state index in [4.69, 9.17) is 17.0 Å². The maximum Gasteiger partial charge on any atom is 0.282 e. The SMILES string of the molecule is COc1cccc(CN2C(=O)C3(O)CCCN3C2=S)c1. The summed E-state index contributed by atoms with van der Waals surface area (Å²) in [6.45, 7) is 0.989. The molecule has 20 heavy (non-hydrogen) atoms. The van der Waals surface area contributed by atoms with Crippen LogP contribution in [0.2, 0.25) is 0 Å². The summed E-state index contributed by atoms with van der Waals surface area (Å²) in [6.07, 6.45) is 1.23. The molecule has 0 bridgehead atoms. The molecule has 0 spiro atoms. The van der Waals surface area contributed by atoms with Gasteiger partial charge in [0, 0.05) is 13.0 Å². The molecule has 0 radical (unpaired) electrons. The van der Waals surface area contributed by atoms with Crippen molar-refractivity contribution in [3.05, 3.63) is 29.8 Å². The van der Waals surface area contributed by atoms with Crippen LogP contribution in [0.1, 0.15) is 18.4 Å². The van der Waals surface area contributed by atoms with Crippen LogP contribution >= 0.6 is 12.2 Å². The van der Waals surface area contributed by atoms with Gasteiger partial charge in [0.15, 0.2) is 5.11 Å². The van der Waals surface area contributed by atoms with E-state index in [1.807, 2.05) is 24.3 Å². The quantitative estimate of drug-likeness (QED) is 0.846. The average Bonchev–Trinajstić information content (AvgIpc) is 2.92. The predicted octanol–water partition coefficient (Wildman–Crippen LogP) is 1.11. The molecule has 2 fully saturated rings. The standard InChI is InChI=1S/C14H16N2O3S/c1-19-11-5-2-4-10(8-11)9-15-12(17)14(18)6-3-7-16(14)13(15)20/h2,4-5,8,18H,3,6-7,9H2,1H3. The average molecular weight is 292 g/mol. The minimum absolute atomic E-state index is 0.317. The lowest BCUT2D eigenvalue weighted by Gasteiger charge is -2.22. The monoisotopic (exact) mass is 292 g/mol. The number of aliphatic hydroxyl groups is 1. The Morgan fingerprint density at radius 1 is 1.50 bits per heavy atom. The van der Waals surface area contributed by atoms with Gasteiger partial charge in [-0.05, 0) is 36.3 Å². The van der Waals surface area contributed by atoms with E-state index in [1.54, 1.807) is 12.0 Å². The molecule has 1 atom stereocenters. The fourth-order valence-corrected chi connectivity index (χ4v) is 3.21. The second-order valence-corrected chi connectivity index (χ2v) is 5.46. The number of methoxy groups -OCH3 is 1. The fraction of sp³-hybridized carbons (Fsp3) is 0.429. The Hall–Kier alpha value is -1.66. The first-order valence-corrected chi connectivity index (χ1v) is 6.96. The van der Waals surface area contributed by atoms with Gasteiger partial charge in [0.25, 0.3) is 5.91 Å². The lowest BCUT2D eigenvalue weighted by molar-refractivity contribution is -0.150. The summed E-state index contributed by atoms with van der Waals surface area (Å²) in [5.41, 5.74) is -0.500. The third-order valence-electron chi connectivity index (χ3n) is 3.88. The molecule has 1 unspecified atom stereocenters. The summed E-state index contributed by atoms with van der Waals surface area (Å²) in [5.74, 6) is 0.419. The minimum atomic E-state index is -1.42. The van der Waals surface area contributed by atoms with Crippen LogP contribution in [0, 0.1) is 0 Å². The number of thiocarbonyl (C=S) groups is 1. The second-order valence-electron chi connectivity index (χ2n) is 5.10. The molecule has 0 saturated carbocycles. The summed E-state index contributed by atoms with van der Waals surface area (Å²) >= 11 is 5.33. The Morgan fingerprint density at radius 3 is 3.00 bits per heavy atom.